The number of piperidine rings is 1. The van der Waals surface area contributed by atoms with Gasteiger partial charge in [0.2, 0.25) is 0 Å². The van der Waals surface area contributed by atoms with Crippen LogP contribution in [0.4, 0.5) is 0 Å². The summed E-state index contributed by atoms with van der Waals surface area (Å²) in [5.74, 6) is -0.110. The highest BCUT2D eigenvalue weighted by Crippen LogP contribution is 2.21. The predicted octanol–water partition coefficient (Wildman–Crippen LogP) is 3.07. The fourth-order valence-corrected chi connectivity index (χ4v) is 3.61. The Hall–Kier alpha value is -1.89. The van der Waals surface area contributed by atoms with Crippen LogP contribution in [0, 0.1) is 0 Å². The summed E-state index contributed by atoms with van der Waals surface area (Å²) >= 11 is 0. The first-order chi connectivity index (χ1) is 13.1. The minimum Gasteiger partial charge on any atom is -0.464 e. The molecule has 2 atom stereocenters. The van der Waals surface area contributed by atoms with E-state index in [1.54, 1.807) is 19.4 Å². The van der Waals surface area contributed by atoms with Crippen LogP contribution in [0.5, 0.6) is 0 Å². The van der Waals surface area contributed by atoms with Gasteiger partial charge in [-0.15, -0.1) is 0 Å². The van der Waals surface area contributed by atoms with E-state index in [1.165, 1.54) is 0 Å². The Kier molecular flexibility index (Phi) is 6.88. The number of carbonyl (C=O) groups excluding carboxylic acids is 1. The lowest BCUT2D eigenvalue weighted by Crippen LogP contribution is -2.55. The van der Waals surface area contributed by atoms with Crippen LogP contribution >= 0.6 is 0 Å². The Morgan fingerprint density at radius 2 is 2.22 bits per heavy atom. The van der Waals surface area contributed by atoms with Gasteiger partial charge in [0.05, 0.1) is 30.1 Å². The molecule has 1 amide bonds. The Morgan fingerprint density at radius 3 is 3.00 bits per heavy atom. The number of likely N-dealkylation sites (tertiary alicyclic amines) is 1. The molecule has 1 aromatic heterocycles. The molecule has 1 aliphatic rings. The summed E-state index contributed by atoms with van der Waals surface area (Å²) < 4.78 is 16.8. The molecule has 0 aliphatic carbocycles. The van der Waals surface area contributed by atoms with E-state index in [2.05, 4.69) is 24.1 Å². The molecule has 1 aliphatic heterocycles. The zero-order chi connectivity index (χ0) is 19.2. The lowest BCUT2D eigenvalue weighted by molar-refractivity contribution is 0.00177. The Morgan fingerprint density at radius 1 is 1.37 bits per heavy atom. The Labute approximate surface area is 160 Å². The Balaban J connectivity index is 1.55. The highest BCUT2D eigenvalue weighted by Gasteiger charge is 2.30. The molecule has 1 aromatic carbocycles. The van der Waals surface area contributed by atoms with Gasteiger partial charge in [0.15, 0.2) is 0 Å². The number of hydrogen-bond donors (Lipinski definition) is 1. The average Bonchev–Trinajstić information content (AvgIpc) is 3.14. The van der Waals surface area contributed by atoms with Crippen molar-refractivity contribution in [2.75, 3.05) is 33.4 Å². The summed E-state index contributed by atoms with van der Waals surface area (Å²) in [5, 5.41) is 4.08. The minimum absolute atomic E-state index is 0.00381. The van der Waals surface area contributed by atoms with E-state index < -0.39 is 0 Å². The maximum Gasteiger partial charge on any atom is 0.255 e. The molecule has 0 saturated carbocycles. The van der Waals surface area contributed by atoms with Crippen molar-refractivity contribution >= 4 is 16.9 Å². The molecule has 2 aromatic rings. The lowest BCUT2D eigenvalue weighted by Gasteiger charge is -2.38. The van der Waals surface area contributed by atoms with Crippen LogP contribution in [-0.2, 0) is 9.47 Å². The summed E-state index contributed by atoms with van der Waals surface area (Å²) in [4.78, 5) is 15.2. The lowest BCUT2D eigenvalue weighted by atomic mass is 10.0. The largest absolute Gasteiger partial charge is 0.464 e. The average molecular weight is 374 g/mol. The van der Waals surface area contributed by atoms with Gasteiger partial charge in [-0.25, -0.2) is 0 Å². The fourth-order valence-electron chi connectivity index (χ4n) is 3.61. The van der Waals surface area contributed by atoms with Gasteiger partial charge in [-0.3, -0.25) is 4.79 Å². The van der Waals surface area contributed by atoms with Crippen LogP contribution in [0.1, 0.15) is 37.0 Å². The number of nitrogens with one attached hydrogen (secondary N) is 1. The molecule has 0 bridgehead atoms. The zero-order valence-electron chi connectivity index (χ0n) is 16.4. The second kappa shape index (κ2) is 9.35. The highest BCUT2D eigenvalue weighted by atomic mass is 16.5. The predicted molar refractivity (Wildman–Crippen MR) is 105 cm³/mol. The monoisotopic (exact) mass is 374 g/mol. The van der Waals surface area contributed by atoms with Crippen molar-refractivity contribution < 1.29 is 18.7 Å². The number of para-hydroxylation sites is 1. The third-order valence-electron chi connectivity index (χ3n) is 5.06. The summed E-state index contributed by atoms with van der Waals surface area (Å²) in [5.41, 5.74) is 1.20. The molecule has 2 heterocycles. The van der Waals surface area contributed by atoms with E-state index in [9.17, 15) is 4.79 Å². The van der Waals surface area contributed by atoms with Crippen molar-refractivity contribution in [3.63, 3.8) is 0 Å². The highest BCUT2D eigenvalue weighted by molar-refractivity contribution is 6.04. The number of carbonyl (C=O) groups is 1. The van der Waals surface area contributed by atoms with E-state index >= 15 is 0 Å². The molecule has 6 heteroatoms. The van der Waals surface area contributed by atoms with Crippen molar-refractivity contribution in [1.29, 1.82) is 0 Å². The maximum absolute atomic E-state index is 12.8. The Bertz CT molecular complexity index is 743. The van der Waals surface area contributed by atoms with Gasteiger partial charge in [0.1, 0.15) is 5.58 Å². The number of ether oxygens (including phenoxy) is 2. The van der Waals surface area contributed by atoms with Crippen LogP contribution in [0.3, 0.4) is 0 Å². The van der Waals surface area contributed by atoms with Crippen LogP contribution < -0.4 is 5.32 Å². The van der Waals surface area contributed by atoms with Gasteiger partial charge in [0.25, 0.3) is 5.91 Å². The number of methoxy groups -OCH3 is 1. The molecule has 0 radical (unpaired) electrons. The van der Waals surface area contributed by atoms with E-state index in [1.807, 2.05) is 18.2 Å². The molecule has 1 N–H and O–H groups in total. The van der Waals surface area contributed by atoms with E-state index in [4.69, 9.17) is 13.9 Å². The smallest absolute Gasteiger partial charge is 0.255 e. The van der Waals surface area contributed by atoms with Gasteiger partial charge >= 0.3 is 0 Å². The van der Waals surface area contributed by atoms with Crippen LogP contribution in [0.15, 0.2) is 34.9 Å². The second-order valence-electron chi connectivity index (χ2n) is 7.36. The van der Waals surface area contributed by atoms with Gasteiger partial charge in [-0.2, -0.15) is 0 Å². The summed E-state index contributed by atoms with van der Waals surface area (Å²) in [6, 6.07) is 7.48. The van der Waals surface area contributed by atoms with Crippen molar-refractivity contribution in [3.05, 3.63) is 36.1 Å². The number of fused-ring (bicyclic) bond motifs is 1. The molecule has 27 heavy (non-hydrogen) atoms. The first-order valence-corrected chi connectivity index (χ1v) is 9.72. The number of amides is 1. The molecule has 1 saturated heterocycles. The van der Waals surface area contributed by atoms with Gasteiger partial charge in [-0.1, -0.05) is 12.1 Å². The molecular formula is C21H30N2O4. The molecule has 0 spiro atoms. The second-order valence-corrected chi connectivity index (χ2v) is 7.36. The number of hydrogen-bond acceptors (Lipinski definition) is 5. The standard InChI is InChI=1S/C21H30N2O4/c1-15(2)26-12-5-10-23-11-8-18(19(14-23)25-3)22-21(24)17-7-4-6-16-9-13-27-20(16)17/h4,6-7,9,13,15,18-19H,5,8,10-12,14H2,1-3H3,(H,22,24). The van der Waals surface area contributed by atoms with Gasteiger partial charge in [-0.05, 0) is 38.8 Å². The molecule has 148 valence electrons. The SMILES string of the molecule is COC1CN(CCCOC(C)C)CCC1NC(=O)c1cccc2ccoc12. The van der Waals surface area contributed by atoms with Crippen molar-refractivity contribution in [2.45, 2.75) is 44.9 Å². The van der Waals surface area contributed by atoms with E-state index in [-0.39, 0.29) is 24.2 Å². The van der Waals surface area contributed by atoms with Crippen LogP contribution in [-0.4, -0.2) is 62.4 Å². The number of rotatable bonds is 8. The number of furan rings is 1. The summed E-state index contributed by atoms with van der Waals surface area (Å²) in [6.45, 7) is 7.63. The van der Waals surface area contributed by atoms with E-state index in [0.717, 1.165) is 44.5 Å². The zero-order valence-corrected chi connectivity index (χ0v) is 16.4. The quantitative estimate of drug-likeness (QED) is 0.720. The third-order valence-corrected chi connectivity index (χ3v) is 5.06. The summed E-state index contributed by atoms with van der Waals surface area (Å²) in [7, 11) is 1.71. The van der Waals surface area contributed by atoms with Crippen LogP contribution in [0.25, 0.3) is 11.0 Å². The van der Waals surface area contributed by atoms with Crippen molar-refractivity contribution in [3.8, 4) is 0 Å². The fraction of sp³-hybridized carbons (Fsp3) is 0.571. The first kappa shape index (κ1) is 19.9. The van der Waals surface area contributed by atoms with Crippen molar-refractivity contribution in [2.24, 2.45) is 0 Å². The molecular weight excluding hydrogens is 344 g/mol. The maximum atomic E-state index is 12.8. The topological polar surface area (TPSA) is 63.9 Å². The third kappa shape index (κ3) is 5.09. The number of nitrogens with zero attached hydrogens (tertiary/aromatic N) is 1. The molecule has 3 rings (SSSR count). The molecule has 6 nitrogen and oxygen atoms in total. The van der Waals surface area contributed by atoms with Gasteiger partial charge in [0, 0.05) is 38.7 Å². The van der Waals surface area contributed by atoms with Gasteiger partial charge < -0.3 is 24.1 Å². The molecule has 2 unspecified atom stereocenters. The van der Waals surface area contributed by atoms with Crippen molar-refractivity contribution in [1.82, 2.24) is 10.2 Å². The van der Waals surface area contributed by atoms with Crippen LogP contribution in [0.2, 0.25) is 0 Å². The summed E-state index contributed by atoms with van der Waals surface area (Å²) in [6.07, 6.45) is 3.73. The normalized spacial score (nSPS) is 21.0. The number of benzene rings is 1. The first-order valence-electron chi connectivity index (χ1n) is 9.72. The van der Waals surface area contributed by atoms with E-state index in [0.29, 0.717) is 11.1 Å². The minimum atomic E-state index is -0.110. The molecule has 1 fully saturated rings.